The number of aliphatic hydroxyl groups is 2. The number of fused-ring (bicyclic) bond motifs is 1. The lowest BCUT2D eigenvalue weighted by Crippen LogP contribution is -2.48. The molecule has 1 fully saturated rings. The van der Waals surface area contributed by atoms with Gasteiger partial charge in [-0.2, -0.15) is 26.3 Å². The van der Waals surface area contributed by atoms with Crippen molar-refractivity contribution in [3.8, 4) is 0 Å². The monoisotopic (exact) mass is 437 g/mol. The van der Waals surface area contributed by atoms with Gasteiger partial charge in [0.1, 0.15) is 5.69 Å². The Morgan fingerprint density at radius 2 is 1.60 bits per heavy atom. The first kappa shape index (κ1) is 22.7. The molecule has 30 heavy (non-hydrogen) atoms. The van der Waals surface area contributed by atoms with Crippen molar-refractivity contribution in [3.63, 3.8) is 0 Å². The number of para-hydroxylation sites is 1. The van der Waals surface area contributed by atoms with Gasteiger partial charge in [-0.1, -0.05) is 12.1 Å². The van der Waals surface area contributed by atoms with Crippen LogP contribution in [0, 0.1) is 0 Å². The van der Waals surface area contributed by atoms with Crippen LogP contribution in [0.4, 0.5) is 26.3 Å². The van der Waals surface area contributed by atoms with Crippen molar-refractivity contribution in [2.24, 2.45) is 0 Å². The summed E-state index contributed by atoms with van der Waals surface area (Å²) in [5.74, 6) is 0. The minimum absolute atomic E-state index is 0.00733. The molecule has 0 radical (unpaired) electrons. The third-order valence-corrected chi connectivity index (χ3v) is 5.14. The summed E-state index contributed by atoms with van der Waals surface area (Å²) < 4.78 is 79.9. The highest BCUT2D eigenvalue weighted by atomic mass is 19.4. The Kier molecular flexibility index (Phi) is 6.56. The van der Waals surface area contributed by atoms with Gasteiger partial charge in [-0.25, -0.2) is 4.98 Å². The van der Waals surface area contributed by atoms with Gasteiger partial charge >= 0.3 is 12.4 Å². The molecule has 0 aliphatic carbocycles. The van der Waals surface area contributed by atoms with E-state index >= 15 is 0 Å². The van der Waals surface area contributed by atoms with Crippen molar-refractivity contribution >= 4 is 10.9 Å². The first-order valence-electron chi connectivity index (χ1n) is 9.32. The quantitative estimate of drug-likeness (QED) is 0.705. The zero-order valence-electron chi connectivity index (χ0n) is 15.8. The van der Waals surface area contributed by atoms with Crippen LogP contribution in [-0.2, 0) is 12.4 Å². The molecule has 1 aromatic heterocycles. The molecule has 1 saturated heterocycles. The number of β-amino-alcohol motifs (C(OH)–C–C–N with tert-alkyl or cyclic N) is 2. The Labute approximate surface area is 168 Å². The average molecular weight is 437 g/mol. The van der Waals surface area contributed by atoms with Gasteiger partial charge in [0.05, 0.1) is 23.8 Å². The lowest BCUT2D eigenvalue weighted by atomic mass is 9.99. The number of pyridine rings is 1. The second-order valence-corrected chi connectivity index (χ2v) is 7.18. The summed E-state index contributed by atoms with van der Waals surface area (Å²) in [4.78, 5) is 7.06. The number of alkyl halides is 6. The summed E-state index contributed by atoms with van der Waals surface area (Å²) in [6.45, 7) is 2.72. The molecule has 2 aromatic rings. The normalized spacial score (nSPS) is 18.1. The minimum Gasteiger partial charge on any atom is -0.395 e. The number of hydrogen-bond donors (Lipinski definition) is 2. The van der Waals surface area contributed by atoms with E-state index in [0.717, 1.165) is 6.07 Å². The third kappa shape index (κ3) is 5.02. The summed E-state index contributed by atoms with van der Waals surface area (Å²) in [7, 11) is 0. The number of nitrogens with zero attached hydrogens (tertiary/aromatic N) is 3. The standard InChI is InChI=1S/C19H21F6N3O2/c20-18(21,22)14-3-1-2-12-13(10-16(19(23,24)25)26-17(12)14)15(30)11-28-6-4-27(5-7-28)8-9-29/h1-3,10,15,29-30H,4-9,11H2/t15-/m1/s1. The minimum atomic E-state index is -4.96. The van der Waals surface area contributed by atoms with E-state index in [-0.39, 0.29) is 24.1 Å². The maximum atomic E-state index is 13.3. The lowest BCUT2D eigenvalue weighted by molar-refractivity contribution is -0.142. The Balaban J connectivity index is 1.96. The van der Waals surface area contributed by atoms with E-state index in [4.69, 9.17) is 5.11 Å². The van der Waals surface area contributed by atoms with Gasteiger partial charge in [0, 0.05) is 44.7 Å². The maximum Gasteiger partial charge on any atom is 0.433 e. The Hall–Kier alpha value is -1.95. The second-order valence-electron chi connectivity index (χ2n) is 7.18. The van der Waals surface area contributed by atoms with Gasteiger partial charge in [-0.05, 0) is 17.7 Å². The lowest BCUT2D eigenvalue weighted by Gasteiger charge is -2.35. The molecule has 2 N–H and O–H groups in total. The van der Waals surface area contributed by atoms with Crippen molar-refractivity contribution in [1.29, 1.82) is 0 Å². The molecule has 0 amide bonds. The fourth-order valence-electron chi connectivity index (χ4n) is 3.60. The zero-order chi connectivity index (χ0) is 22.1. The van der Waals surface area contributed by atoms with Gasteiger partial charge in [-0.3, -0.25) is 9.80 Å². The van der Waals surface area contributed by atoms with Crippen LogP contribution in [0.25, 0.3) is 10.9 Å². The molecule has 5 nitrogen and oxygen atoms in total. The van der Waals surface area contributed by atoms with Crippen LogP contribution < -0.4 is 0 Å². The van der Waals surface area contributed by atoms with Crippen LogP contribution in [0.15, 0.2) is 24.3 Å². The molecule has 2 heterocycles. The molecule has 0 unspecified atom stereocenters. The molecule has 1 aliphatic rings. The number of aliphatic hydroxyl groups excluding tert-OH is 2. The van der Waals surface area contributed by atoms with Gasteiger partial charge < -0.3 is 10.2 Å². The molecule has 1 atom stereocenters. The number of piperazine rings is 1. The summed E-state index contributed by atoms with van der Waals surface area (Å²) in [6.07, 6.45) is -11.3. The molecule has 0 saturated carbocycles. The topological polar surface area (TPSA) is 59.8 Å². The van der Waals surface area contributed by atoms with E-state index in [0.29, 0.717) is 44.9 Å². The van der Waals surface area contributed by atoms with Crippen LogP contribution in [0.1, 0.15) is 22.9 Å². The maximum absolute atomic E-state index is 13.3. The summed E-state index contributed by atoms with van der Waals surface area (Å²) in [5.41, 5.74) is -3.83. The van der Waals surface area contributed by atoms with E-state index in [1.807, 2.05) is 9.80 Å². The number of rotatable bonds is 5. The van der Waals surface area contributed by atoms with Crippen LogP contribution in [0.2, 0.25) is 0 Å². The SMILES string of the molecule is OCCN1CCN(C[C@@H](O)c2cc(C(F)(F)F)nc3c(C(F)(F)F)cccc23)CC1. The number of aromatic nitrogens is 1. The molecular weight excluding hydrogens is 416 g/mol. The predicted octanol–water partition coefficient (Wildman–Crippen LogP) is 2.92. The summed E-state index contributed by atoms with van der Waals surface area (Å²) in [6, 6.07) is 3.61. The van der Waals surface area contributed by atoms with E-state index in [9.17, 15) is 31.4 Å². The fraction of sp³-hybridized carbons (Fsp3) is 0.526. The number of hydrogen-bond acceptors (Lipinski definition) is 5. The van der Waals surface area contributed by atoms with E-state index in [1.54, 1.807) is 0 Å². The van der Waals surface area contributed by atoms with Gasteiger partial charge in [-0.15, -0.1) is 0 Å². The summed E-state index contributed by atoms with van der Waals surface area (Å²) >= 11 is 0. The van der Waals surface area contributed by atoms with E-state index in [2.05, 4.69) is 4.98 Å². The molecular formula is C19H21F6N3O2. The van der Waals surface area contributed by atoms with Gasteiger partial charge in [0.25, 0.3) is 0 Å². The second kappa shape index (κ2) is 8.66. The molecule has 11 heteroatoms. The molecule has 166 valence electrons. The molecule has 1 aromatic carbocycles. The fourth-order valence-corrected chi connectivity index (χ4v) is 3.60. The molecule has 1 aliphatic heterocycles. The van der Waals surface area contributed by atoms with Gasteiger partial charge in [0.15, 0.2) is 0 Å². The van der Waals surface area contributed by atoms with E-state index < -0.39 is 35.2 Å². The first-order valence-corrected chi connectivity index (χ1v) is 9.32. The highest BCUT2D eigenvalue weighted by molar-refractivity contribution is 5.86. The van der Waals surface area contributed by atoms with Crippen LogP contribution in [0.5, 0.6) is 0 Å². The van der Waals surface area contributed by atoms with Gasteiger partial charge in [0.2, 0.25) is 0 Å². The largest absolute Gasteiger partial charge is 0.433 e. The highest BCUT2D eigenvalue weighted by Gasteiger charge is 2.38. The first-order chi connectivity index (χ1) is 14.0. The Morgan fingerprint density at radius 1 is 0.967 bits per heavy atom. The predicted molar refractivity (Wildman–Crippen MR) is 96.7 cm³/mol. The summed E-state index contributed by atoms with van der Waals surface area (Å²) in [5, 5.41) is 19.5. The Bertz CT molecular complexity index is 879. The van der Waals surface area contributed by atoms with Crippen molar-refractivity contribution in [2.75, 3.05) is 45.9 Å². The Morgan fingerprint density at radius 3 is 2.17 bits per heavy atom. The number of benzene rings is 1. The van der Waals surface area contributed by atoms with Crippen LogP contribution in [-0.4, -0.2) is 70.9 Å². The molecule has 0 spiro atoms. The van der Waals surface area contributed by atoms with Crippen molar-refractivity contribution < 1.29 is 36.6 Å². The van der Waals surface area contributed by atoms with Crippen molar-refractivity contribution in [3.05, 3.63) is 41.1 Å². The van der Waals surface area contributed by atoms with Crippen molar-refractivity contribution in [1.82, 2.24) is 14.8 Å². The van der Waals surface area contributed by atoms with Crippen LogP contribution >= 0.6 is 0 Å². The van der Waals surface area contributed by atoms with E-state index in [1.165, 1.54) is 6.07 Å². The van der Waals surface area contributed by atoms with Crippen LogP contribution in [0.3, 0.4) is 0 Å². The highest BCUT2D eigenvalue weighted by Crippen LogP contribution is 2.39. The van der Waals surface area contributed by atoms with Crippen molar-refractivity contribution in [2.45, 2.75) is 18.5 Å². The number of halogens is 6. The average Bonchev–Trinajstić information content (AvgIpc) is 2.66. The third-order valence-electron chi connectivity index (χ3n) is 5.14. The zero-order valence-corrected chi connectivity index (χ0v) is 15.8. The molecule has 3 rings (SSSR count). The molecule has 0 bridgehead atoms. The smallest absolute Gasteiger partial charge is 0.395 e.